The summed E-state index contributed by atoms with van der Waals surface area (Å²) in [5.41, 5.74) is 0.567. The molecular formula is C14H16O3. The van der Waals surface area contributed by atoms with Gasteiger partial charge in [-0.1, -0.05) is 25.1 Å². The van der Waals surface area contributed by atoms with E-state index in [0.717, 1.165) is 0 Å². The average molecular weight is 232 g/mol. The molecule has 1 fully saturated rings. The molecule has 90 valence electrons. The molecule has 0 amide bonds. The molecule has 0 radical (unpaired) electrons. The van der Waals surface area contributed by atoms with Gasteiger partial charge in [0.25, 0.3) is 0 Å². The van der Waals surface area contributed by atoms with Crippen LogP contribution in [0.5, 0.6) is 0 Å². The number of Topliss-reactive ketones (excluding diaryl/α,β-unsaturated/α-hetero) is 1. The second kappa shape index (κ2) is 5.13. The number of benzene rings is 1. The van der Waals surface area contributed by atoms with Gasteiger partial charge in [-0.3, -0.25) is 4.79 Å². The molecule has 0 aromatic heterocycles. The first-order chi connectivity index (χ1) is 8.16. The SMILES string of the molecule is C[C@H]1C[C@H](OC(=O)c2ccccc2)CCC1=O. The van der Waals surface area contributed by atoms with Gasteiger partial charge in [-0.2, -0.15) is 0 Å². The van der Waals surface area contributed by atoms with Gasteiger partial charge in [0.1, 0.15) is 11.9 Å². The van der Waals surface area contributed by atoms with Crippen molar-refractivity contribution in [2.75, 3.05) is 0 Å². The number of ketones is 1. The van der Waals surface area contributed by atoms with Crippen LogP contribution in [0, 0.1) is 5.92 Å². The van der Waals surface area contributed by atoms with Crippen LogP contribution in [-0.2, 0) is 9.53 Å². The topological polar surface area (TPSA) is 43.4 Å². The van der Waals surface area contributed by atoms with Gasteiger partial charge < -0.3 is 4.74 Å². The molecule has 1 aromatic carbocycles. The molecule has 2 rings (SSSR count). The van der Waals surface area contributed by atoms with E-state index in [1.54, 1.807) is 12.1 Å². The summed E-state index contributed by atoms with van der Waals surface area (Å²) >= 11 is 0. The Hall–Kier alpha value is -1.64. The highest BCUT2D eigenvalue weighted by Crippen LogP contribution is 2.23. The Balaban J connectivity index is 1.94. The van der Waals surface area contributed by atoms with E-state index in [2.05, 4.69) is 0 Å². The van der Waals surface area contributed by atoms with Crippen molar-refractivity contribution in [2.24, 2.45) is 5.92 Å². The van der Waals surface area contributed by atoms with Crippen molar-refractivity contribution >= 4 is 11.8 Å². The molecule has 17 heavy (non-hydrogen) atoms. The van der Waals surface area contributed by atoms with Gasteiger partial charge in [-0.05, 0) is 25.0 Å². The zero-order valence-corrected chi connectivity index (χ0v) is 9.89. The fourth-order valence-corrected chi connectivity index (χ4v) is 2.09. The van der Waals surface area contributed by atoms with Crippen LogP contribution in [0.25, 0.3) is 0 Å². The van der Waals surface area contributed by atoms with Crippen molar-refractivity contribution in [3.05, 3.63) is 35.9 Å². The van der Waals surface area contributed by atoms with Crippen molar-refractivity contribution in [3.63, 3.8) is 0 Å². The van der Waals surface area contributed by atoms with E-state index >= 15 is 0 Å². The highest BCUT2D eigenvalue weighted by molar-refractivity contribution is 5.89. The van der Waals surface area contributed by atoms with Crippen LogP contribution in [-0.4, -0.2) is 17.9 Å². The minimum absolute atomic E-state index is 0.0114. The van der Waals surface area contributed by atoms with Gasteiger partial charge in [-0.15, -0.1) is 0 Å². The predicted molar refractivity (Wildman–Crippen MR) is 63.7 cm³/mol. The van der Waals surface area contributed by atoms with Crippen LogP contribution in [0.15, 0.2) is 30.3 Å². The van der Waals surface area contributed by atoms with Gasteiger partial charge in [0.2, 0.25) is 0 Å². The third-order valence-electron chi connectivity index (χ3n) is 3.16. The second-order valence-electron chi connectivity index (χ2n) is 4.54. The van der Waals surface area contributed by atoms with E-state index in [1.807, 2.05) is 25.1 Å². The molecule has 1 aromatic rings. The fourth-order valence-electron chi connectivity index (χ4n) is 2.09. The molecule has 0 N–H and O–H groups in total. The Labute approximate surface area is 101 Å². The number of carbonyl (C=O) groups is 2. The van der Waals surface area contributed by atoms with Crippen molar-refractivity contribution in [1.29, 1.82) is 0 Å². The number of hydrogen-bond donors (Lipinski definition) is 0. The molecule has 0 spiro atoms. The maximum atomic E-state index is 11.8. The van der Waals surface area contributed by atoms with E-state index in [-0.39, 0.29) is 23.8 Å². The molecule has 1 saturated carbocycles. The van der Waals surface area contributed by atoms with Gasteiger partial charge in [0.05, 0.1) is 5.56 Å². The first kappa shape index (κ1) is 11.8. The predicted octanol–water partition coefficient (Wildman–Crippen LogP) is 2.60. The lowest BCUT2D eigenvalue weighted by Gasteiger charge is -2.25. The monoisotopic (exact) mass is 232 g/mol. The minimum Gasteiger partial charge on any atom is -0.459 e. The van der Waals surface area contributed by atoms with Gasteiger partial charge in [-0.25, -0.2) is 4.79 Å². The average Bonchev–Trinajstić information content (AvgIpc) is 2.35. The smallest absolute Gasteiger partial charge is 0.338 e. The van der Waals surface area contributed by atoms with Crippen molar-refractivity contribution < 1.29 is 14.3 Å². The standard InChI is InChI=1S/C14H16O3/c1-10-9-12(7-8-13(10)15)17-14(16)11-5-3-2-4-6-11/h2-6,10,12H,7-9H2,1H3/t10-,12+/m0/s1. The van der Waals surface area contributed by atoms with Crippen LogP contribution in [0.2, 0.25) is 0 Å². The molecule has 1 aliphatic rings. The summed E-state index contributed by atoms with van der Waals surface area (Å²) in [5.74, 6) is -0.00789. The number of carbonyl (C=O) groups excluding carboxylic acids is 2. The molecule has 1 aliphatic carbocycles. The lowest BCUT2D eigenvalue weighted by Crippen LogP contribution is -2.29. The zero-order valence-electron chi connectivity index (χ0n) is 9.89. The van der Waals surface area contributed by atoms with Crippen LogP contribution in [0.4, 0.5) is 0 Å². The number of ether oxygens (including phenoxy) is 1. The second-order valence-corrected chi connectivity index (χ2v) is 4.54. The maximum absolute atomic E-state index is 11.8. The van der Waals surface area contributed by atoms with Crippen molar-refractivity contribution in [1.82, 2.24) is 0 Å². The highest BCUT2D eigenvalue weighted by atomic mass is 16.5. The molecule has 0 heterocycles. The third-order valence-corrected chi connectivity index (χ3v) is 3.16. The number of hydrogen-bond acceptors (Lipinski definition) is 3. The third kappa shape index (κ3) is 2.93. The quantitative estimate of drug-likeness (QED) is 0.736. The zero-order chi connectivity index (χ0) is 12.3. The van der Waals surface area contributed by atoms with Gasteiger partial charge in [0, 0.05) is 12.3 Å². The first-order valence-corrected chi connectivity index (χ1v) is 5.95. The summed E-state index contributed by atoms with van der Waals surface area (Å²) in [5, 5.41) is 0. The summed E-state index contributed by atoms with van der Waals surface area (Å²) in [6, 6.07) is 8.95. The Kier molecular flexibility index (Phi) is 3.57. The van der Waals surface area contributed by atoms with Crippen LogP contribution >= 0.6 is 0 Å². The lowest BCUT2D eigenvalue weighted by atomic mass is 9.87. The van der Waals surface area contributed by atoms with E-state index < -0.39 is 0 Å². The van der Waals surface area contributed by atoms with Crippen molar-refractivity contribution in [2.45, 2.75) is 32.3 Å². The Morgan fingerprint density at radius 3 is 2.65 bits per heavy atom. The molecule has 0 bridgehead atoms. The molecule has 3 nitrogen and oxygen atoms in total. The Morgan fingerprint density at radius 2 is 2.00 bits per heavy atom. The summed E-state index contributed by atoms with van der Waals surface area (Å²) < 4.78 is 5.40. The van der Waals surface area contributed by atoms with Gasteiger partial charge in [0.15, 0.2) is 0 Å². The molecule has 0 aliphatic heterocycles. The molecule has 0 saturated heterocycles. The molecular weight excluding hydrogens is 216 g/mol. The number of rotatable bonds is 2. The van der Waals surface area contributed by atoms with Crippen molar-refractivity contribution in [3.8, 4) is 0 Å². The normalized spacial score (nSPS) is 24.4. The van der Waals surface area contributed by atoms with Crippen LogP contribution in [0.1, 0.15) is 36.5 Å². The van der Waals surface area contributed by atoms with E-state index in [9.17, 15) is 9.59 Å². The maximum Gasteiger partial charge on any atom is 0.338 e. The van der Waals surface area contributed by atoms with E-state index in [1.165, 1.54) is 0 Å². The number of esters is 1. The van der Waals surface area contributed by atoms with Crippen LogP contribution < -0.4 is 0 Å². The van der Waals surface area contributed by atoms with E-state index in [0.29, 0.717) is 24.8 Å². The van der Waals surface area contributed by atoms with Gasteiger partial charge >= 0.3 is 5.97 Å². The highest BCUT2D eigenvalue weighted by Gasteiger charge is 2.27. The summed E-state index contributed by atoms with van der Waals surface area (Å²) in [7, 11) is 0. The lowest BCUT2D eigenvalue weighted by molar-refractivity contribution is -0.126. The van der Waals surface area contributed by atoms with E-state index in [4.69, 9.17) is 4.74 Å². The fraction of sp³-hybridized carbons (Fsp3) is 0.429. The molecule has 3 heteroatoms. The summed E-state index contributed by atoms with van der Waals surface area (Å²) in [4.78, 5) is 23.1. The Morgan fingerprint density at radius 1 is 1.29 bits per heavy atom. The molecule has 0 unspecified atom stereocenters. The summed E-state index contributed by atoms with van der Waals surface area (Å²) in [6.07, 6.45) is 1.71. The Bertz CT molecular complexity index is 411. The first-order valence-electron chi connectivity index (χ1n) is 5.95. The van der Waals surface area contributed by atoms with Crippen LogP contribution in [0.3, 0.4) is 0 Å². The molecule has 2 atom stereocenters. The largest absolute Gasteiger partial charge is 0.459 e. The summed E-state index contributed by atoms with van der Waals surface area (Å²) in [6.45, 7) is 1.89. The minimum atomic E-state index is -0.294.